The van der Waals surface area contributed by atoms with Crippen LogP contribution in [0.4, 0.5) is 5.69 Å². The Morgan fingerprint density at radius 1 is 1.29 bits per heavy atom. The fraction of sp³-hybridized carbons (Fsp3) is 0.471. The highest BCUT2D eigenvalue weighted by Gasteiger charge is 2.18. The summed E-state index contributed by atoms with van der Waals surface area (Å²) >= 11 is 11.5. The van der Waals surface area contributed by atoms with Gasteiger partial charge in [0.05, 0.1) is 23.3 Å². The van der Waals surface area contributed by atoms with Crippen molar-refractivity contribution in [3.63, 3.8) is 0 Å². The molecule has 2 heterocycles. The lowest BCUT2D eigenvalue weighted by Gasteiger charge is -2.24. The Balaban J connectivity index is 2.07. The average Bonchev–Trinajstić information content (AvgIpc) is 2.54. The molecule has 0 spiro atoms. The Labute approximate surface area is 151 Å². The minimum atomic E-state index is -0.0269. The van der Waals surface area contributed by atoms with Crippen LogP contribution < -0.4 is 10.5 Å². The fourth-order valence-electron chi connectivity index (χ4n) is 3.30. The first kappa shape index (κ1) is 17.2. The maximum Gasteiger partial charge on any atom is 0.254 e. The van der Waals surface area contributed by atoms with Crippen molar-refractivity contribution < 1.29 is 0 Å². The van der Waals surface area contributed by atoms with Gasteiger partial charge in [-0.1, -0.05) is 43.1 Å². The summed E-state index contributed by atoms with van der Waals surface area (Å²) in [5.74, 6) is 0. The monoisotopic (exact) mass is 364 g/mol. The first-order valence-electron chi connectivity index (χ1n) is 8.16. The number of nitrogens with one attached hydrogen (secondary N) is 1. The molecule has 0 amide bonds. The second-order valence-electron chi connectivity index (χ2n) is 6.41. The van der Waals surface area contributed by atoms with Crippen molar-refractivity contribution in [1.82, 2.24) is 14.5 Å². The Hall–Kier alpha value is -1.66. The molecule has 3 rings (SSSR count). The average molecular weight is 365 g/mol. The zero-order chi connectivity index (χ0) is 17.3. The Morgan fingerprint density at radius 2 is 2.00 bits per heavy atom. The second kappa shape index (κ2) is 7.07. The van der Waals surface area contributed by atoms with E-state index >= 15 is 0 Å². The summed E-state index contributed by atoms with van der Waals surface area (Å²) in [6, 6.07) is 3.64. The molecule has 2 aromatic rings. The molecule has 0 aromatic carbocycles. The van der Waals surface area contributed by atoms with E-state index in [1.54, 1.807) is 23.0 Å². The van der Waals surface area contributed by atoms with E-state index in [2.05, 4.69) is 9.97 Å². The first-order chi connectivity index (χ1) is 11.5. The van der Waals surface area contributed by atoms with Crippen LogP contribution in [0.1, 0.15) is 38.1 Å². The molecule has 1 saturated carbocycles. The van der Waals surface area contributed by atoms with Crippen LogP contribution in [0, 0.1) is 4.64 Å². The van der Waals surface area contributed by atoms with Gasteiger partial charge in [0, 0.05) is 26.2 Å². The Morgan fingerprint density at radius 3 is 2.62 bits per heavy atom. The number of aromatic nitrogens is 3. The molecule has 128 valence electrons. The van der Waals surface area contributed by atoms with Crippen molar-refractivity contribution >= 4 is 29.5 Å². The predicted octanol–water partition coefficient (Wildman–Crippen LogP) is 4.19. The van der Waals surface area contributed by atoms with Gasteiger partial charge in [-0.05, 0) is 18.9 Å². The number of hydrogen-bond donors (Lipinski definition) is 1. The quantitative estimate of drug-likeness (QED) is 0.655. The summed E-state index contributed by atoms with van der Waals surface area (Å²) in [7, 11) is 3.82. The standard InChI is InChI=1S/C17H21ClN4OS/c1-21(2)13-9-14(18)20-17(24)16(13)12-8-15(23)22(10-19-12)11-6-4-3-5-7-11/h8-11H,3-7H2,1-2H3,(H,20,24). The normalized spacial score (nSPS) is 15.5. The highest BCUT2D eigenvalue weighted by atomic mass is 35.5. The topological polar surface area (TPSA) is 53.9 Å². The minimum Gasteiger partial charge on any atom is -0.377 e. The van der Waals surface area contributed by atoms with Crippen LogP contribution in [0.15, 0.2) is 23.3 Å². The molecular formula is C17H21ClN4OS. The molecule has 1 N–H and O–H groups in total. The Kier molecular flexibility index (Phi) is 5.06. The van der Waals surface area contributed by atoms with Crippen LogP contribution >= 0.6 is 23.8 Å². The number of hydrogen-bond acceptors (Lipinski definition) is 4. The zero-order valence-electron chi connectivity index (χ0n) is 13.9. The smallest absolute Gasteiger partial charge is 0.254 e. The fourth-order valence-corrected chi connectivity index (χ4v) is 3.87. The summed E-state index contributed by atoms with van der Waals surface area (Å²) in [5, 5.41) is 0.461. The second-order valence-corrected chi connectivity index (χ2v) is 7.23. The molecule has 0 unspecified atom stereocenters. The van der Waals surface area contributed by atoms with E-state index in [-0.39, 0.29) is 11.6 Å². The predicted molar refractivity (Wildman–Crippen MR) is 101 cm³/mol. The number of nitrogens with zero attached hydrogens (tertiary/aromatic N) is 3. The molecule has 0 saturated heterocycles. The van der Waals surface area contributed by atoms with E-state index in [4.69, 9.17) is 23.8 Å². The summed E-state index contributed by atoms with van der Waals surface area (Å²) < 4.78 is 2.24. The molecule has 0 aliphatic heterocycles. The van der Waals surface area contributed by atoms with Gasteiger partial charge in [0.15, 0.2) is 0 Å². The molecule has 5 nitrogen and oxygen atoms in total. The first-order valence-corrected chi connectivity index (χ1v) is 8.94. The third kappa shape index (κ3) is 3.39. The van der Waals surface area contributed by atoms with Gasteiger partial charge < -0.3 is 9.88 Å². The number of aromatic amines is 1. The van der Waals surface area contributed by atoms with Gasteiger partial charge in [0.2, 0.25) is 0 Å². The maximum absolute atomic E-state index is 12.6. The summed E-state index contributed by atoms with van der Waals surface area (Å²) in [5.41, 5.74) is 2.12. The molecule has 1 aliphatic carbocycles. The minimum absolute atomic E-state index is 0.0269. The van der Waals surface area contributed by atoms with E-state index in [1.807, 2.05) is 19.0 Å². The lowest BCUT2D eigenvalue weighted by Crippen LogP contribution is -2.26. The van der Waals surface area contributed by atoms with Crippen molar-refractivity contribution in [3.05, 3.63) is 38.6 Å². The summed E-state index contributed by atoms with van der Waals surface area (Å²) in [6.45, 7) is 0. The highest BCUT2D eigenvalue weighted by molar-refractivity contribution is 7.71. The third-order valence-electron chi connectivity index (χ3n) is 4.52. The molecule has 2 aromatic heterocycles. The number of H-pyrrole nitrogens is 1. The van der Waals surface area contributed by atoms with E-state index < -0.39 is 0 Å². The molecule has 1 aliphatic rings. The van der Waals surface area contributed by atoms with E-state index in [9.17, 15) is 4.79 Å². The van der Waals surface area contributed by atoms with E-state index in [1.165, 1.54) is 19.3 Å². The van der Waals surface area contributed by atoms with Crippen molar-refractivity contribution in [2.24, 2.45) is 0 Å². The molecule has 0 radical (unpaired) electrons. The van der Waals surface area contributed by atoms with Gasteiger partial charge in [-0.15, -0.1) is 0 Å². The van der Waals surface area contributed by atoms with Crippen LogP contribution in [0.2, 0.25) is 5.15 Å². The van der Waals surface area contributed by atoms with Gasteiger partial charge in [0.25, 0.3) is 5.56 Å². The van der Waals surface area contributed by atoms with Crippen LogP contribution in [0.25, 0.3) is 11.3 Å². The lowest BCUT2D eigenvalue weighted by molar-refractivity contribution is 0.343. The van der Waals surface area contributed by atoms with E-state index in [0.717, 1.165) is 24.1 Å². The summed E-state index contributed by atoms with van der Waals surface area (Å²) in [4.78, 5) is 22.0. The lowest BCUT2D eigenvalue weighted by atomic mass is 9.95. The van der Waals surface area contributed by atoms with Crippen molar-refractivity contribution in [1.29, 1.82) is 0 Å². The summed E-state index contributed by atoms with van der Waals surface area (Å²) in [6.07, 6.45) is 7.35. The van der Waals surface area contributed by atoms with Gasteiger partial charge >= 0.3 is 0 Å². The van der Waals surface area contributed by atoms with Gasteiger partial charge in [-0.2, -0.15) is 0 Å². The van der Waals surface area contributed by atoms with Gasteiger partial charge in [-0.25, -0.2) is 4.98 Å². The van der Waals surface area contributed by atoms with Crippen molar-refractivity contribution in [3.8, 4) is 11.3 Å². The highest BCUT2D eigenvalue weighted by Crippen LogP contribution is 2.31. The Bertz CT molecular complexity index is 852. The molecule has 7 heteroatoms. The SMILES string of the molecule is CN(C)c1cc(Cl)[nH]c(=S)c1-c1cc(=O)n(C2CCCCC2)cn1. The number of pyridine rings is 1. The van der Waals surface area contributed by atoms with Gasteiger partial charge in [-0.3, -0.25) is 9.36 Å². The van der Waals surface area contributed by atoms with Gasteiger partial charge in [0.1, 0.15) is 9.79 Å². The zero-order valence-corrected chi connectivity index (χ0v) is 15.5. The molecule has 0 atom stereocenters. The van der Waals surface area contributed by atoms with Crippen LogP contribution in [0.3, 0.4) is 0 Å². The van der Waals surface area contributed by atoms with Crippen molar-refractivity contribution in [2.45, 2.75) is 38.1 Å². The van der Waals surface area contributed by atoms with Crippen molar-refractivity contribution in [2.75, 3.05) is 19.0 Å². The molecule has 0 bridgehead atoms. The van der Waals surface area contributed by atoms with E-state index in [0.29, 0.717) is 15.5 Å². The number of anilines is 1. The largest absolute Gasteiger partial charge is 0.377 e. The van der Waals surface area contributed by atoms with Crippen LogP contribution in [-0.2, 0) is 0 Å². The maximum atomic E-state index is 12.6. The van der Waals surface area contributed by atoms with Crippen LogP contribution in [0.5, 0.6) is 0 Å². The molecule has 24 heavy (non-hydrogen) atoms. The number of halogens is 1. The third-order valence-corrected chi connectivity index (χ3v) is 5.03. The molecule has 1 fully saturated rings. The number of rotatable bonds is 3. The van der Waals surface area contributed by atoms with Crippen LogP contribution in [-0.4, -0.2) is 28.6 Å². The molecular weight excluding hydrogens is 344 g/mol.